The van der Waals surface area contributed by atoms with Crippen LogP contribution >= 0.6 is 0 Å². The molecule has 190 valence electrons. The van der Waals surface area contributed by atoms with Gasteiger partial charge in [-0.05, 0) is 66.9 Å². The van der Waals surface area contributed by atoms with Crippen LogP contribution in [0.4, 0.5) is 5.69 Å². The summed E-state index contributed by atoms with van der Waals surface area (Å²) in [6.07, 6.45) is 0.825. The van der Waals surface area contributed by atoms with Gasteiger partial charge in [-0.25, -0.2) is 0 Å². The van der Waals surface area contributed by atoms with Crippen LogP contribution in [0.1, 0.15) is 36.1 Å². The van der Waals surface area contributed by atoms with E-state index in [4.69, 9.17) is 9.47 Å². The molecule has 0 aliphatic heterocycles. The van der Waals surface area contributed by atoms with E-state index in [1.807, 2.05) is 91.5 Å². The first-order chi connectivity index (χ1) is 17.4. The number of nitrogens with zero attached hydrogens (tertiary/aromatic N) is 1. The zero-order valence-corrected chi connectivity index (χ0v) is 21.4. The predicted octanol–water partition coefficient (Wildman–Crippen LogP) is 4.57. The van der Waals surface area contributed by atoms with Crippen LogP contribution < -0.4 is 20.1 Å². The number of carbonyl (C=O) groups is 2. The zero-order valence-electron chi connectivity index (χ0n) is 21.4. The monoisotopic (exact) mass is 489 g/mol. The smallest absolute Gasteiger partial charge is 0.238 e. The Morgan fingerprint density at radius 3 is 1.83 bits per heavy atom. The van der Waals surface area contributed by atoms with Gasteiger partial charge in [0.2, 0.25) is 11.8 Å². The fourth-order valence-electron chi connectivity index (χ4n) is 4.00. The Hall–Kier alpha value is -3.84. The third kappa shape index (κ3) is 7.58. The molecule has 3 aromatic rings. The van der Waals surface area contributed by atoms with Crippen LogP contribution in [0.25, 0.3) is 0 Å². The Morgan fingerprint density at radius 1 is 0.806 bits per heavy atom. The summed E-state index contributed by atoms with van der Waals surface area (Å²) in [5.74, 6) is 1.18. The molecule has 36 heavy (non-hydrogen) atoms. The number of anilines is 1. The molecule has 0 heterocycles. The van der Waals surface area contributed by atoms with Gasteiger partial charge in [0.05, 0.1) is 33.4 Å². The number of rotatable bonds is 12. The molecule has 0 unspecified atom stereocenters. The predicted molar refractivity (Wildman–Crippen MR) is 143 cm³/mol. The molecule has 3 aromatic carbocycles. The number of aryl methyl sites for hydroxylation is 1. The van der Waals surface area contributed by atoms with Gasteiger partial charge in [-0.1, -0.05) is 49.4 Å². The Kier molecular flexibility index (Phi) is 9.89. The van der Waals surface area contributed by atoms with Crippen molar-refractivity contribution in [3.05, 3.63) is 89.5 Å². The summed E-state index contributed by atoms with van der Waals surface area (Å²) in [6.45, 7) is 4.85. The van der Waals surface area contributed by atoms with Crippen LogP contribution in [0.2, 0.25) is 0 Å². The molecule has 0 saturated carbocycles. The van der Waals surface area contributed by atoms with Crippen molar-refractivity contribution in [1.82, 2.24) is 10.2 Å². The number of ether oxygens (including phenoxy) is 2. The average molecular weight is 490 g/mol. The van der Waals surface area contributed by atoms with Crippen LogP contribution in [-0.2, 0) is 9.59 Å². The molecular weight excluding hydrogens is 454 g/mol. The molecule has 3 rings (SSSR count). The Bertz CT molecular complexity index is 1080. The van der Waals surface area contributed by atoms with Crippen LogP contribution in [0.15, 0.2) is 72.8 Å². The lowest BCUT2D eigenvalue weighted by Gasteiger charge is -2.24. The van der Waals surface area contributed by atoms with Gasteiger partial charge in [0.1, 0.15) is 11.5 Å². The van der Waals surface area contributed by atoms with E-state index in [2.05, 4.69) is 10.6 Å². The third-order valence-electron chi connectivity index (χ3n) is 5.90. The van der Waals surface area contributed by atoms with Crippen LogP contribution in [0.3, 0.4) is 0 Å². The average Bonchev–Trinajstić information content (AvgIpc) is 2.89. The summed E-state index contributed by atoms with van der Waals surface area (Å²) in [5.41, 5.74) is 3.62. The summed E-state index contributed by atoms with van der Waals surface area (Å²) in [6, 6.07) is 22.5. The summed E-state index contributed by atoms with van der Waals surface area (Å²) in [5, 5.41) is 6.10. The number of amides is 2. The van der Waals surface area contributed by atoms with Gasteiger partial charge in [-0.3, -0.25) is 14.5 Å². The lowest BCUT2D eigenvalue weighted by molar-refractivity contribution is -0.123. The molecule has 7 heteroatoms. The molecule has 0 atom stereocenters. The van der Waals surface area contributed by atoms with Gasteiger partial charge in [0.15, 0.2) is 0 Å². The third-order valence-corrected chi connectivity index (χ3v) is 5.90. The number of hydrogen-bond donors (Lipinski definition) is 2. The van der Waals surface area contributed by atoms with Crippen molar-refractivity contribution in [3.63, 3.8) is 0 Å². The molecule has 0 aliphatic rings. The second-order valence-electron chi connectivity index (χ2n) is 8.62. The normalized spacial score (nSPS) is 10.8. The largest absolute Gasteiger partial charge is 0.497 e. The number of benzene rings is 3. The van der Waals surface area contributed by atoms with E-state index in [-0.39, 0.29) is 30.9 Å². The first kappa shape index (κ1) is 26.8. The Morgan fingerprint density at radius 2 is 1.33 bits per heavy atom. The van der Waals surface area contributed by atoms with Crippen molar-refractivity contribution >= 4 is 17.5 Å². The summed E-state index contributed by atoms with van der Waals surface area (Å²) >= 11 is 0. The van der Waals surface area contributed by atoms with E-state index in [1.54, 1.807) is 14.2 Å². The molecular formula is C29H35N3O4. The van der Waals surface area contributed by atoms with Crippen molar-refractivity contribution in [2.24, 2.45) is 0 Å². The number of hydrogen-bond acceptors (Lipinski definition) is 5. The summed E-state index contributed by atoms with van der Waals surface area (Å²) in [7, 11) is 3.24. The van der Waals surface area contributed by atoms with Crippen LogP contribution in [-0.4, -0.2) is 50.6 Å². The van der Waals surface area contributed by atoms with Gasteiger partial charge < -0.3 is 20.1 Å². The highest BCUT2D eigenvalue weighted by Gasteiger charge is 2.20. The van der Waals surface area contributed by atoms with E-state index < -0.39 is 0 Å². The SMILES string of the molecule is CCCN(CC(=O)Nc1ccccc1C)CC(=O)NC(c1ccc(OC)cc1)c1ccc(OC)cc1. The van der Waals surface area contributed by atoms with Crippen molar-refractivity contribution in [2.75, 3.05) is 39.2 Å². The van der Waals surface area contributed by atoms with Gasteiger partial charge in [0.25, 0.3) is 0 Å². The molecule has 0 radical (unpaired) electrons. The summed E-state index contributed by atoms with van der Waals surface area (Å²) in [4.78, 5) is 27.8. The second kappa shape index (κ2) is 13.3. The minimum atomic E-state index is -0.362. The maximum Gasteiger partial charge on any atom is 0.238 e. The molecule has 0 aliphatic carbocycles. The van der Waals surface area contributed by atoms with Gasteiger partial charge >= 0.3 is 0 Å². The molecule has 0 aromatic heterocycles. The standard InChI is InChI=1S/C29H35N3O4/c1-5-18-32(19-27(33)30-26-9-7-6-8-21(26)2)20-28(34)31-29(22-10-14-24(35-3)15-11-22)23-12-16-25(36-4)17-13-23/h6-17,29H,5,18-20H2,1-4H3,(H,30,33)(H,31,34). The van der Waals surface area contributed by atoms with Gasteiger partial charge in [0, 0.05) is 5.69 Å². The van der Waals surface area contributed by atoms with Crippen molar-refractivity contribution in [1.29, 1.82) is 0 Å². The van der Waals surface area contributed by atoms with Gasteiger partial charge in [-0.15, -0.1) is 0 Å². The van der Waals surface area contributed by atoms with Crippen molar-refractivity contribution in [3.8, 4) is 11.5 Å². The van der Waals surface area contributed by atoms with Crippen molar-refractivity contribution in [2.45, 2.75) is 26.3 Å². The molecule has 2 amide bonds. The van der Waals surface area contributed by atoms with Gasteiger partial charge in [-0.2, -0.15) is 0 Å². The first-order valence-electron chi connectivity index (χ1n) is 12.1. The van der Waals surface area contributed by atoms with Crippen molar-refractivity contribution < 1.29 is 19.1 Å². The second-order valence-corrected chi connectivity index (χ2v) is 8.62. The molecule has 7 nitrogen and oxygen atoms in total. The Balaban J connectivity index is 1.72. The topological polar surface area (TPSA) is 79.9 Å². The molecule has 0 spiro atoms. The van der Waals surface area contributed by atoms with E-state index in [1.165, 1.54) is 0 Å². The number of nitrogens with one attached hydrogen (secondary N) is 2. The van der Waals surface area contributed by atoms with Crippen LogP contribution in [0.5, 0.6) is 11.5 Å². The number of para-hydroxylation sites is 1. The molecule has 0 saturated heterocycles. The maximum absolute atomic E-state index is 13.2. The van der Waals surface area contributed by atoms with E-state index in [9.17, 15) is 9.59 Å². The van der Waals surface area contributed by atoms with Crippen LogP contribution in [0, 0.1) is 6.92 Å². The van der Waals surface area contributed by atoms with E-state index >= 15 is 0 Å². The van der Waals surface area contributed by atoms with E-state index in [0.29, 0.717) is 6.54 Å². The van der Waals surface area contributed by atoms with E-state index in [0.717, 1.165) is 40.3 Å². The fraction of sp³-hybridized carbons (Fsp3) is 0.310. The number of methoxy groups -OCH3 is 2. The highest BCUT2D eigenvalue weighted by atomic mass is 16.5. The Labute approximate surface area is 213 Å². The minimum Gasteiger partial charge on any atom is -0.497 e. The maximum atomic E-state index is 13.2. The minimum absolute atomic E-state index is 0.109. The highest BCUT2D eigenvalue weighted by Crippen LogP contribution is 2.26. The molecule has 0 bridgehead atoms. The first-order valence-corrected chi connectivity index (χ1v) is 12.1. The lowest BCUT2D eigenvalue weighted by Crippen LogP contribution is -2.42. The molecule has 2 N–H and O–H groups in total. The highest BCUT2D eigenvalue weighted by molar-refractivity contribution is 5.93. The molecule has 0 fully saturated rings. The zero-order chi connectivity index (χ0) is 25.9. The quantitative estimate of drug-likeness (QED) is 0.390. The fourth-order valence-corrected chi connectivity index (χ4v) is 4.00. The number of carbonyl (C=O) groups excluding carboxylic acids is 2. The lowest BCUT2D eigenvalue weighted by atomic mass is 9.98. The summed E-state index contributed by atoms with van der Waals surface area (Å²) < 4.78 is 10.6.